The second-order valence-corrected chi connectivity index (χ2v) is 5.83. The Morgan fingerprint density at radius 2 is 1.61 bits per heavy atom. The number of nitrogens with one attached hydrogen (secondary N) is 1. The Morgan fingerprint density at radius 3 is 2.21 bits per heavy atom. The standard InChI is InChI=1S/C21H25NO6/c1-4-26-13-14-27-21(24)15(2)28-19-9-5-16(6-10-19)20(23)22-17-7-11-18(25-3)12-8-17/h5-12,15H,4,13-14H2,1-3H3,(H,22,23)/t15-/m1/s1. The topological polar surface area (TPSA) is 83.1 Å². The van der Waals surface area contributed by atoms with E-state index in [9.17, 15) is 9.59 Å². The third-order valence-electron chi connectivity index (χ3n) is 3.79. The van der Waals surface area contributed by atoms with Crippen LogP contribution in [0, 0.1) is 0 Å². The summed E-state index contributed by atoms with van der Waals surface area (Å²) in [6.45, 7) is 4.58. The van der Waals surface area contributed by atoms with Gasteiger partial charge in [0.2, 0.25) is 0 Å². The fourth-order valence-corrected chi connectivity index (χ4v) is 2.28. The van der Waals surface area contributed by atoms with Crippen molar-refractivity contribution < 1.29 is 28.5 Å². The van der Waals surface area contributed by atoms with Crippen LogP contribution in [0.3, 0.4) is 0 Å². The number of amides is 1. The van der Waals surface area contributed by atoms with Gasteiger partial charge in [-0.1, -0.05) is 0 Å². The van der Waals surface area contributed by atoms with Crippen LogP contribution in [0.4, 0.5) is 5.69 Å². The van der Waals surface area contributed by atoms with Gasteiger partial charge in [0.05, 0.1) is 13.7 Å². The molecule has 2 rings (SSSR count). The number of benzene rings is 2. The fraction of sp³-hybridized carbons (Fsp3) is 0.333. The number of anilines is 1. The summed E-state index contributed by atoms with van der Waals surface area (Å²) >= 11 is 0. The number of carbonyl (C=O) groups excluding carboxylic acids is 2. The minimum atomic E-state index is -0.763. The molecule has 1 N–H and O–H groups in total. The van der Waals surface area contributed by atoms with E-state index in [-0.39, 0.29) is 12.5 Å². The number of hydrogen-bond donors (Lipinski definition) is 1. The molecule has 2 aromatic rings. The highest BCUT2D eigenvalue weighted by atomic mass is 16.6. The van der Waals surface area contributed by atoms with E-state index >= 15 is 0 Å². The molecule has 0 saturated carbocycles. The summed E-state index contributed by atoms with van der Waals surface area (Å²) in [5, 5.41) is 2.80. The van der Waals surface area contributed by atoms with Crippen molar-refractivity contribution in [1.82, 2.24) is 0 Å². The molecule has 0 heterocycles. The molecule has 0 aliphatic carbocycles. The van der Waals surface area contributed by atoms with Gasteiger partial charge >= 0.3 is 5.97 Å². The first-order chi connectivity index (χ1) is 13.5. The average molecular weight is 387 g/mol. The van der Waals surface area contributed by atoms with Crippen molar-refractivity contribution in [1.29, 1.82) is 0 Å². The molecule has 7 nitrogen and oxygen atoms in total. The van der Waals surface area contributed by atoms with Gasteiger partial charge in [0.1, 0.15) is 18.1 Å². The average Bonchev–Trinajstić information content (AvgIpc) is 2.72. The smallest absolute Gasteiger partial charge is 0.347 e. The lowest BCUT2D eigenvalue weighted by Gasteiger charge is -2.14. The zero-order valence-corrected chi connectivity index (χ0v) is 16.3. The number of carbonyl (C=O) groups is 2. The van der Waals surface area contributed by atoms with Gasteiger partial charge in [-0.05, 0) is 62.4 Å². The van der Waals surface area contributed by atoms with Crippen molar-refractivity contribution in [2.75, 3.05) is 32.2 Å². The third-order valence-corrected chi connectivity index (χ3v) is 3.79. The second kappa shape index (κ2) is 10.9. The second-order valence-electron chi connectivity index (χ2n) is 5.83. The summed E-state index contributed by atoms with van der Waals surface area (Å²) in [4.78, 5) is 24.2. The normalized spacial score (nSPS) is 11.4. The number of esters is 1. The summed E-state index contributed by atoms with van der Waals surface area (Å²) in [6.07, 6.45) is -0.763. The molecule has 0 aliphatic rings. The van der Waals surface area contributed by atoms with Crippen LogP contribution in [0.15, 0.2) is 48.5 Å². The molecule has 0 aromatic heterocycles. The summed E-state index contributed by atoms with van der Waals surface area (Å²) in [7, 11) is 1.58. The maximum absolute atomic E-state index is 12.3. The lowest BCUT2D eigenvalue weighted by molar-refractivity contribution is -0.152. The Bertz CT molecular complexity index is 757. The van der Waals surface area contributed by atoms with Gasteiger partial charge in [-0.3, -0.25) is 4.79 Å². The van der Waals surface area contributed by atoms with E-state index in [1.807, 2.05) is 6.92 Å². The molecule has 150 valence electrons. The Kier molecular flexibility index (Phi) is 8.30. The molecule has 0 radical (unpaired) electrons. The lowest BCUT2D eigenvalue weighted by Crippen LogP contribution is -2.27. The third kappa shape index (κ3) is 6.59. The fourth-order valence-electron chi connectivity index (χ4n) is 2.28. The minimum Gasteiger partial charge on any atom is -0.497 e. The Morgan fingerprint density at radius 1 is 0.964 bits per heavy atom. The highest BCUT2D eigenvalue weighted by Crippen LogP contribution is 2.18. The molecule has 2 aromatic carbocycles. The van der Waals surface area contributed by atoms with E-state index in [2.05, 4.69) is 5.32 Å². The lowest BCUT2D eigenvalue weighted by atomic mass is 10.2. The van der Waals surface area contributed by atoms with Gasteiger partial charge < -0.3 is 24.3 Å². The van der Waals surface area contributed by atoms with Gasteiger partial charge in [0.25, 0.3) is 5.91 Å². The summed E-state index contributed by atoms with van der Waals surface area (Å²) in [5.74, 6) is 0.460. The van der Waals surface area contributed by atoms with Crippen molar-refractivity contribution in [3.63, 3.8) is 0 Å². The first kappa shape index (κ1) is 21.2. The predicted octanol–water partition coefficient (Wildman–Crippen LogP) is 3.29. The molecule has 0 bridgehead atoms. The first-order valence-corrected chi connectivity index (χ1v) is 9.00. The SMILES string of the molecule is CCOCCOC(=O)[C@@H](C)Oc1ccc(C(=O)Nc2ccc(OC)cc2)cc1. The molecule has 7 heteroatoms. The van der Waals surface area contributed by atoms with Crippen LogP contribution in [0.1, 0.15) is 24.2 Å². The van der Waals surface area contributed by atoms with Crippen molar-refractivity contribution in [2.24, 2.45) is 0 Å². The highest BCUT2D eigenvalue weighted by Gasteiger charge is 2.16. The highest BCUT2D eigenvalue weighted by molar-refractivity contribution is 6.04. The van der Waals surface area contributed by atoms with Crippen molar-refractivity contribution >= 4 is 17.6 Å². The van der Waals surface area contributed by atoms with Gasteiger partial charge in [0, 0.05) is 17.9 Å². The molecule has 0 fully saturated rings. The van der Waals surface area contributed by atoms with Gasteiger partial charge in [0.15, 0.2) is 6.10 Å². The Balaban J connectivity index is 1.85. The molecule has 28 heavy (non-hydrogen) atoms. The van der Waals surface area contributed by atoms with E-state index in [1.165, 1.54) is 0 Å². The molecule has 1 amide bonds. The van der Waals surface area contributed by atoms with Crippen LogP contribution in [0.5, 0.6) is 11.5 Å². The maximum Gasteiger partial charge on any atom is 0.347 e. The number of methoxy groups -OCH3 is 1. The predicted molar refractivity (Wildman–Crippen MR) is 105 cm³/mol. The number of ether oxygens (including phenoxy) is 4. The van der Waals surface area contributed by atoms with E-state index in [4.69, 9.17) is 18.9 Å². The first-order valence-electron chi connectivity index (χ1n) is 9.00. The summed E-state index contributed by atoms with van der Waals surface area (Å²) in [6, 6.07) is 13.6. The van der Waals surface area contributed by atoms with Crippen molar-refractivity contribution in [2.45, 2.75) is 20.0 Å². The zero-order chi connectivity index (χ0) is 20.4. The summed E-state index contributed by atoms with van der Waals surface area (Å²) in [5.41, 5.74) is 1.13. The van der Waals surface area contributed by atoms with Crippen LogP contribution in [0.25, 0.3) is 0 Å². The van der Waals surface area contributed by atoms with Gasteiger partial charge in [-0.25, -0.2) is 4.79 Å². The Labute approximate surface area is 164 Å². The van der Waals surface area contributed by atoms with Crippen LogP contribution in [0.2, 0.25) is 0 Å². The summed E-state index contributed by atoms with van der Waals surface area (Å²) < 4.78 is 20.8. The molecule has 0 aliphatic heterocycles. The van der Waals surface area contributed by atoms with Crippen LogP contribution < -0.4 is 14.8 Å². The number of rotatable bonds is 10. The molecular weight excluding hydrogens is 362 g/mol. The van der Waals surface area contributed by atoms with Crippen LogP contribution in [-0.2, 0) is 14.3 Å². The van der Waals surface area contributed by atoms with Crippen LogP contribution >= 0.6 is 0 Å². The molecule has 0 spiro atoms. The molecule has 0 unspecified atom stereocenters. The number of hydrogen-bond acceptors (Lipinski definition) is 6. The van der Waals surface area contributed by atoms with E-state index in [0.29, 0.717) is 36.0 Å². The van der Waals surface area contributed by atoms with Crippen molar-refractivity contribution in [3.05, 3.63) is 54.1 Å². The minimum absolute atomic E-state index is 0.185. The van der Waals surface area contributed by atoms with Crippen molar-refractivity contribution in [3.8, 4) is 11.5 Å². The molecule has 1 atom stereocenters. The van der Waals surface area contributed by atoms with Crippen LogP contribution in [-0.4, -0.2) is 44.9 Å². The monoisotopic (exact) mass is 387 g/mol. The quantitative estimate of drug-likeness (QED) is 0.498. The van der Waals surface area contributed by atoms with Gasteiger partial charge in [-0.15, -0.1) is 0 Å². The van der Waals surface area contributed by atoms with E-state index < -0.39 is 12.1 Å². The largest absolute Gasteiger partial charge is 0.497 e. The van der Waals surface area contributed by atoms with E-state index in [1.54, 1.807) is 62.6 Å². The molecule has 0 saturated heterocycles. The maximum atomic E-state index is 12.3. The Hall–Kier alpha value is -3.06. The zero-order valence-electron chi connectivity index (χ0n) is 16.3. The van der Waals surface area contributed by atoms with Gasteiger partial charge in [-0.2, -0.15) is 0 Å². The molecular formula is C21H25NO6. The van der Waals surface area contributed by atoms with E-state index in [0.717, 1.165) is 0 Å².